The predicted octanol–water partition coefficient (Wildman–Crippen LogP) is 2.13. The molecule has 1 atom stereocenters. The van der Waals surface area contributed by atoms with E-state index in [2.05, 4.69) is 46.1 Å². The van der Waals surface area contributed by atoms with Crippen LogP contribution in [0.25, 0.3) is 0 Å². The van der Waals surface area contributed by atoms with Crippen LogP contribution < -0.4 is 10.6 Å². The van der Waals surface area contributed by atoms with E-state index in [1.807, 2.05) is 0 Å². The third-order valence-electron chi connectivity index (χ3n) is 3.08. The van der Waals surface area contributed by atoms with Gasteiger partial charge in [-0.25, -0.2) is 0 Å². The molecule has 1 aliphatic heterocycles. The minimum atomic E-state index is 0.486. The van der Waals surface area contributed by atoms with Crippen molar-refractivity contribution in [2.24, 2.45) is 5.73 Å². The lowest BCUT2D eigenvalue weighted by atomic mass is 10.1. The fraction of sp³-hybridized carbons (Fsp3) is 0.500. The lowest BCUT2D eigenvalue weighted by Crippen LogP contribution is -2.32. The molecule has 88 valence electrons. The predicted molar refractivity (Wildman–Crippen MR) is 69.7 cm³/mol. The zero-order valence-corrected chi connectivity index (χ0v) is 11.0. The summed E-state index contributed by atoms with van der Waals surface area (Å²) in [5, 5.41) is 0. The summed E-state index contributed by atoms with van der Waals surface area (Å²) in [6.45, 7) is 2.27. The fourth-order valence-electron chi connectivity index (χ4n) is 1.99. The summed E-state index contributed by atoms with van der Waals surface area (Å²) in [5.41, 5.74) is 7.96. The first kappa shape index (κ1) is 11.9. The molecule has 0 aliphatic carbocycles. The minimum absolute atomic E-state index is 0.486. The van der Waals surface area contributed by atoms with E-state index in [1.165, 1.54) is 5.69 Å². The number of hydrogen-bond acceptors (Lipinski definition) is 3. The molecule has 0 amide bonds. The quantitative estimate of drug-likeness (QED) is 0.924. The van der Waals surface area contributed by atoms with Crippen LogP contribution >= 0.6 is 15.9 Å². The summed E-state index contributed by atoms with van der Waals surface area (Å²) >= 11 is 3.60. The van der Waals surface area contributed by atoms with E-state index >= 15 is 0 Å². The molecule has 1 heterocycles. The largest absolute Gasteiger partial charge is 0.379 e. The number of hydrogen-bond donors (Lipinski definition) is 1. The third-order valence-corrected chi connectivity index (χ3v) is 3.72. The van der Waals surface area contributed by atoms with Crippen LogP contribution in [0.5, 0.6) is 0 Å². The van der Waals surface area contributed by atoms with Crippen LogP contribution in [0.2, 0.25) is 0 Å². The van der Waals surface area contributed by atoms with Crippen LogP contribution in [0.15, 0.2) is 22.7 Å². The second kappa shape index (κ2) is 5.17. The first-order valence-corrected chi connectivity index (χ1v) is 6.30. The molecule has 2 rings (SSSR count). The Morgan fingerprint density at radius 1 is 1.56 bits per heavy atom. The van der Waals surface area contributed by atoms with Gasteiger partial charge >= 0.3 is 0 Å². The molecule has 1 fully saturated rings. The average molecular weight is 285 g/mol. The molecule has 1 aromatic rings. The number of rotatable bonds is 3. The number of benzene rings is 1. The molecule has 0 radical (unpaired) electrons. The Kier molecular flexibility index (Phi) is 3.84. The number of nitrogens with zero attached hydrogens (tertiary/aromatic N) is 1. The van der Waals surface area contributed by atoms with Crippen molar-refractivity contribution in [3.63, 3.8) is 0 Å². The van der Waals surface area contributed by atoms with Gasteiger partial charge in [0.05, 0.1) is 18.3 Å². The second-order valence-corrected chi connectivity index (χ2v) is 4.97. The van der Waals surface area contributed by atoms with Gasteiger partial charge in [0.15, 0.2) is 0 Å². The molecule has 2 N–H and O–H groups in total. The van der Waals surface area contributed by atoms with E-state index in [1.54, 1.807) is 0 Å². The fourth-order valence-corrected chi connectivity index (χ4v) is 2.69. The highest BCUT2D eigenvalue weighted by Crippen LogP contribution is 2.29. The van der Waals surface area contributed by atoms with Gasteiger partial charge in [-0.15, -0.1) is 0 Å². The first-order valence-electron chi connectivity index (χ1n) is 5.51. The maximum Gasteiger partial charge on any atom is 0.0670 e. The number of halogens is 1. The van der Waals surface area contributed by atoms with E-state index in [9.17, 15) is 0 Å². The van der Waals surface area contributed by atoms with Gasteiger partial charge in [-0.05, 0) is 40.0 Å². The van der Waals surface area contributed by atoms with Crippen molar-refractivity contribution < 1.29 is 4.74 Å². The van der Waals surface area contributed by atoms with Crippen molar-refractivity contribution in [3.05, 3.63) is 28.2 Å². The van der Waals surface area contributed by atoms with Crippen LogP contribution in [0, 0.1) is 0 Å². The van der Waals surface area contributed by atoms with E-state index < -0.39 is 0 Å². The number of nitrogens with two attached hydrogens (primary N) is 1. The molecule has 1 unspecified atom stereocenters. The lowest BCUT2D eigenvalue weighted by Gasteiger charge is -2.26. The van der Waals surface area contributed by atoms with E-state index in [4.69, 9.17) is 10.5 Å². The highest BCUT2D eigenvalue weighted by atomic mass is 79.9. The summed E-state index contributed by atoms with van der Waals surface area (Å²) < 4.78 is 6.51. The van der Waals surface area contributed by atoms with Gasteiger partial charge in [0.1, 0.15) is 0 Å². The van der Waals surface area contributed by atoms with Gasteiger partial charge in [-0.3, -0.25) is 0 Å². The van der Waals surface area contributed by atoms with Crippen LogP contribution in [0.3, 0.4) is 0 Å². The zero-order chi connectivity index (χ0) is 11.5. The molecule has 16 heavy (non-hydrogen) atoms. The molecular formula is C12H17BrN2O. The molecule has 3 nitrogen and oxygen atoms in total. The molecule has 1 aliphatic rings. The Morgan fingerprint density at radius 3 is 2.94 bits per heavy atom. The lowest BCUT2D eigenvalue weighted by molar-refractivity contribution is 0.193. The van der Waals surface area contributed by atoms with Gasteiger partial charge in [0.25, 0.3) is 0 Å². The monoisotopic (exact) mass is 284 g/mol. The molecule has 1 saturated heterocycles. The number of anilines is 1. The van der Waals surface area contributed by atoms with Crippen LogP contribution in [-0.2, 0) is 11.3 Å². The Hall–Kier alpha value is -0.580. The van der Waals surface area contributed by atoms with Crippen LogP contribution in [0.1, 0.15) is 12.0 Å². The maximum atomic E-state index is 5.61. The van der Waals surface area contributed by atoms with Crippen molar-refractivity contribution in [3.8, 4) is 0 Å². The van der Waals surface area contributed by atoms with E-state index in [0.29, 0.717) is 12.6 Å². The Morgan fingerprint density at radius 2 is 2.38 bits per heavy atom. The maximum absolute atomic E-state index is 5.61. The van der Waals surface area contributed by atoms with Crippen molar-refractivity contribution in [1.82, 2.24) is 0 Å². The second-order valence-electron chi connectivity index (χ2n) is 4.12. The summed E-state index contributed by atoms with van der Waals surface area (Å²) in [5.74, 6) is 0. The molecule has 0 spiro atoms. The molecule has 0 saturated carbocycles. The smallest absolute Gasteiger partial charge is 0.0670 e. The number of ether oxygens (including phenoxy) is 1. The van der Waals surface area contributed by atoms with Gasteiger partial charge in [0, 0.05) is 24.7 Å². The van der Waals surface area contributed by atoms with Crippen molar-refractivity contribution in [1.29, 1.82) is 0 Å². The molecule has 4 heteroatoms. The highest BCUT2D eigenvalue weighted by molar-refractivity contribution is 9.10. The summed E-state index contributed by atoms with van der Waals surface area (Å²) in [4.78, 5) is 2.28. The Balaban J connectivity index is 2.19. The summed E-state index contributed by atoms with van der Waals surface area (Å²) in [6.07, 6.45) is 1.10. The van der Waals surface area contributed by atoms with E-state index in [-0.39, 0.29) is 0 Å². The normalized spacial score (nSPS) is 20.1. The number of likely N-dealkylation sites (N-methyl/N-ethyl adjacent to an activating group) is 1. The van der Waals surface area contributed by atoms with Gasteiger partial charge in [0.2, 0.25) is 0 Å². The molecular weight excluding hydrogens is 268 g/mol. The Labute approximate surface area is 105 Å². The van der Waals surface area contributed by atoms with Crippen molar-refractivity contribution >= 4 is 21.6 Å². The van der Waals surface area contributed by atoms with Crippen LogP contribution in [0.4, 0.5) is 5.69 Å². The van der Waals surface area contributed by atoms with Crippen molar-refractivity contribution in [2.75, 3.05) is 25.2 Å². The molecule has 1 aromatic carbocycles. The van der Waals surface area contributed by atoms with Gasteiger partial charge < -0.3 is 15.4 Å². The highest BCUT2D eigenvalue weighted by Gasteiger charge is 2.21. The Bertz CT molecular complexity index is 364. The molecule has 0 aromatic heterocycles. The SMILES string of the molecule is CN(c1ccc(CN)cc1Br)C1CCOC1. The summed E-state index contributed by atoms with van der Waals surface area (Å²) in [7, 11) is 2.11. The first-order chi connectivity index (χ1) is 7.72. The third kappa shape index (κ3) is 2.39. The summed E-state index contributed by atoms with van der Waals surface area (Å²) in [6, 6.07) is 6.76. The standard InChI is InChI=1S/C12H17BrN2O/c1-15(10-4-5-16-8-10)12-3-2-9(7-14)6-11(12)13/h2-3,6,10H,4-5,7-8,14H2,1H3. The average Bonchev–Trinajstić information content (AvgIpc) is 2.81. The van der Waals surface area contributed by atoms with Crippen molar-refractivity contribution in [2.45, 2.75) is 19.0 Å². The van der Waals surface area contributed by atoms with Gasteiger partial charge in [-0.1, -0.05) is 6.07 Å². The minimum Gasteiger partial charge on any atom is -0.379 e. The molecule has 0 bridgehead atoms. The zero-order valence-electron chi connectivity index (χ0n) is 9.45. The topological polar surface area (TPSA) is 38.5 Å². The van der Waals surface area contributed by atoms with Gasteiger partial charge in [-0.2, -0.15) is 0 Å². The van der Waals surface area contributed by atoms with Crippen LogP contribution in [-0.4, -0.2) is 26.3 Å². The van der Waals surface area contributed by atoms with E-state index in [0.717, 1.165) is 29.7 Å².